The maximum atomic E-state index is 11.1. The normalized spacial score (nSPS) is 31.9. The Morgan fingerprint density at radius 2 is 1.95 bits per heavy atom. The Hall–Kier alpha value is -1.93. The fourth-order valence-electron chi connectivity index (χ4n) is 3.20. The van der Waals surface area contributed by atoms with Crippen molar-refractivity contribution < 1.29 is 9.53 Å². The van der Waals surface area contributed by atoms with E-state index in [9.17, 15) is 4.79 Å². The van der Waals surface area contributed by atoms with Crippen LogP contribution in [0, 0.1) is 5.41 Å². The molecule has 0 heterocycles. The third-order valence-electron chi connectivity index (χ3n) is 5.08. The molecule has 1 aromatic rings. The second kappa shape index (κ2) is 5.06. The Kier molecular flexibility index (Phi) is 3.45. The molecule has 1 fully saturated rings. The summed E-state index contributed by atoms with van der Waals surface area (Å²) in [5, 5.41) is 0. The van der Waals surface area contributed by atoms with E-state index in [1.54, 1.807) is 0 Å². The van der Waals surface area contributed by atoms with Crippen molar-refractivity contribution in [3.63, 3.8) is 0 Å². The summed E-state index contributed by atoms with van der Waals surface area (Å²) >= 11 is 0. The highest BCUT2D eigenvalue weighted by Gasteiger charge is 2.66. The van der Waals surface area contributed by atoms with Crippen LogP contribution in [0.4, 0.5) is 0 Å². The van der Waals surface area contributed by atoms with Crippen LogP contribution in [0.25, 0.3) is 0 Å². The third kappa shape index (κ3) is 2.10. The van der Waals surface area contributed by atoms with Crippen molar-refractivity contribution in [1.29, 1.82) is 0 Å². The SMILES string of the molecule is CC1(C)C(=C=O)C1(N)COC1(c2ccccc2)C=CC=CC1. The minimum absolute atomic E-state index is 0.303. The predicted molar refractivity (Wildman–Crippen MR) is 86.9 cm³/mol. The largest absolute Gasteiger partial charge is 0.364 e. The zero-order chi connectivity index (χ0) is 15.8. The fraction of sp³-hybridized carbons (Fsp3) is 0.368. The molecule has 0 bridgehead atoms. The van der Waals surface area contributed by atoms with Crippen molar-refractivity contribution in [1.82, 2.24) is 0 Å². The first-order chi connectivity index (χ1) is 10.5. The molecule has 22 heavy (non-hydrogen) atoms. The quantitative estimate of drug-likeness (QED) is 0.869. The highest BCUT2D eigenvalue weighted by molar-refractivity contribution is 5.71. The number of carbonyl (C=O) groups excluding carboxylic acids is 1. The number of hydrogen-bond donors (Lipinski definition) is 1. The Morgan fingerprint density at radius 3 is 2.50 bits per heavy atom. The lowest BCUT2D eigenvalue weighted by atomic mass is 9.87. The molecular weight excluding hydrogens is 274 g/mol. The van der Waals surface area contributed by atoms with Crippen LogP contribution in [0.2, 0.25) is 0 Å². The molecule has 3 heteroatoms. The summed E-state index contributed by atoms with van der Waals surface area (Å²) in [5.41, 5.74) is 6.49. The summed E-state index contributed by atoms with van der Waals surface area (Å²) in [6.45, 7) is 4.22. The van der Waals surface area contributed by atoms with Crippen molar-refractivity contribution in [2.24, 2.45) is 11.1 Å². The molecule has 114 valence electrons. The smallest absolute Gasteiger partial charge is 0.126 e. The average molecular weight is 295 g/mol. The molecule has 3 nitrogen and oxygen atoms in total. The molecule has 1 saturated carbocycles. The molecule has 0 radical (unpaired) electrons. The highest BCUT2D eigenvalue weighted by Crippen LogP contribution is 2.58. The summed E-state index contributed by atoms with van der Waals surface area (Å²) in [6.07, 6.45) is 8.91. The van der Waals surface area contributed by atoms with Crippen LogP contribution in [-0.4, -0.2) is 18.1 Å². The van der Waals surface area contributed by atoms with Gasteiger partial charge in [0.2, 0.25) is 0 Å². The molecule has 0 amide bonds. The van der Waals surface area contributed by atoms with Crippen LogP contribution in [0.5, 0.6) is 0 Å². The zero-order valence-corrected chi connectivity index (χ0v) is 13.0. The Bertz CT molecular complexity index is 683. The first kappa shape index (κ1) is 15.0. The van der Waals surface area contributed by atoms with Gasteiger partial charge in [0.1, 0.15) is 11.5 Å². The zero-order valence-electron chi connectivity index (χ0n) is 13.0. The summed E-state index contributed by atoms with van der Waals surface area (Å²) in [4.78, 5) is 11.1. The molecule has 0 aliphatic heterocycles. The molecule has 2 N–H and O–H groups in total. The maximum absolute atomic E-state index is 11.1. The maximum Gasteiger partial charge on any atom is 0.126 e. The number of benzene rings is 1. The summed E-state index contributed by atoms with van der Waals surface area (Å²) < 4.78 is 6.29. The predicted octanol–water partition coefficient (Wildman–Crippen LogP) is 2.91. The molecular formula is C19H21NO2. The lowest BCUT2D eigenvalue weighted by Crippen LogP contribution is -2.39. The molecule has 2 atom stereocenters. The monoisotopic (exact) mass is 295 g/mol. The fourth-order valence-corrected chi connectivity index (χ4v) is 3.20. The molecule has 3 rings (SSSR count). The van der Waals surface area contributed by atoms with Crippen LogP contribution < -0.4 is 5.73 Å². The van der Waals surface area contributed by atoms with Gasteiger partial charge in [0.15, 0.2) is 0 Å². The minimum atomic E-state index is -0.717. The van der Waals surface area contributed by atoms with Crippen molar-refractivity contribution in [3.8, 4) is 0 Å². The van der Waals surface area contributed by atoms with Gasteiger partial charge < -0.3 is 10.5 Å². The van der Waals surface area contributed by atoms with Gasteiger partial charge in [-0.2, -0.15) is 0 Å². The van der Waals surface area contributed by atoms with E-state index in [2.05, 4.69) is 24.3 Å². The summed E-state index contributed by atoms with van der Waals surface area (Å²) in [6, 6.07) is 10.1. The second-order valence-electron chi connectivity index (χ2n) is 6.61. The van der Waals surface area contributed by atoms with E-state index in [1.807, 2.05) is 50.1 Å². The molecule has 2 aliphatic rings. The number of nitrogens with two attached hydrogens (primary N) is 1. The molecule has 2 unspecified atom stereocenters. The van der Waals surface area contributed by atoms with E-state index >= 15 is 0 Å². The number of hydrogen-bond acceptors (Lipinski definition) is 3. The molecule has 0 spiro atoms. The van der Waals surface area contributed by atoms with Gasteiger partial charge in [-0.05, 0) is 11.6 Å². The Labute approximate surface area is 131 Å². The van der Waals surface area contributed by atoms with Crippen molar-refractivity contribution >= 4 is 5.94 Å². The highest BCUT2D eigenvalue weighted by atomic mass is 16.5. The summed E-state index contributed by atoms with van der Waals surface area (Å²) in [7, 11) is 0. The number of rotatable bonds is 4. The van der Waals surface area contributed by atoms with Crippen molar-refractivity contribution in [3.05, 3.63) is 65.8 Å². The van der Waals surface area contributed by atoms with Crippen LogP contribution in [0.15, 0.2) is 60.2 Å². The molecule has 0 saturated heterocycles. The number of ether oxygens (including phenoxy) is 1. The van der Waals surface area contributed by atoms with E-state index in [4.69, 9.17) is 10.5 Å². The van der Waals surface area contributed by atoms with Crippen LogP contribution in [0.1, 0.15) is 25.8 Å². The Morgan fingerprint density at radius 1 is 1.23 bits per heavy atom. The van der Waals surface area contributed by atoms with E-state index < -0.39 is 11.1 Å². The van der Waals surface area contributed by atoms with Gasteiger partial charge in [0, 0.05) is 17.4 Å². The van der Waals surface area contributed by atoms with Crippen LogP contribution in [0.3, 0.4) is 0 Å². The summed E-state index contributed by atoms with van der Waals surface area (Å²) in [5.74, 6) is 1.99. The molecule has 0 aromatic heterocycles. The lowest BCUT2D eigenvalue weighted by molar-refractivity contribution is -0.0250. The Balaban J connectivity index is 1.86. The number of allylic oxidation sites excluding steroid dienone is 2. The first-order valence-electron chi connectivity index (χ1n) is 7.55. The van der Waals surface area contributed by atoms with Gasteiger partial charge in [-0.1, -0.05) is 62.4 Å². The van der Waals surface area contributed by atoms with E-state index in [0.29, 0.717) is 12.2 Å². The standard InChI is InChI=1S/C19H21NO2/c1-17(2)16(13-21)19(17,20)14-22-18(11-7-4-8-12-18)15-9-5-3-6-10-15/h3-11H,12,14,20H2,1-2H3. The van der Waals surface area contributed by atoms with Gasteiger partial charge in [0.05, 0.1) is 12.1 Å². The van der Waals surface area contributed by atoms with Crippen LogP contribution >= 0.6 is 0 Å². The van der Waals surface area contributed by atoms with Crippen LogP contribution in [-0.2, 0) is 15.1 Å². The van der Waals surface area contributed by atoms with E-state index in [-0.39, 0.29) is 5.41 Å². The first-order valence-corrected chi connectivity index (χ1v) is 7.55. The molecule has 1 aromatic carbocycles. The third-order valence-corrected chi connectivity index (χ3v) is 5.08. The minimum Gasteiger partial charge on any atom is -0.364 e. The van der Waals surface area contributed by atoms with Gasteiger partial charge in [-0.25, -0.2) is 4.79 Å². The van der Waals surface area contributed by atoms with Gasteiger partial charge in [-0.3, -0.25) is 0 Å². The van der Waals surface area contributed by atoms with Gasteiger partial charge in [-0.15, -0.1) is 0 Å². The van der Waals surface area contributed by atoms with Crippen molar-refractivity contribution in [2.45, 2.75) is 31.4 Å². The lowest BCUT2D eigenvalue weighted by Gasteiger charge is -2.33. The van der Waals surface area contributed by atoms with Gasteiger partial charge >= 0.3 is 0 Å². The average Bonchev–Trinajstić information content (AvgIpc) is 2.99. The molecule has 2 aliphatic carbocycles. The van der Waals surface area contributed by atoms with E-state index in [0.717, 1.165) is 12.0 Å². The van der Waals surface area contributed by atoms with E-state index in [1.165, 1.54) is 0 Å². The topological polar surface area (TPSA) is 52.3 Å². The second-order valence-corrected chi connectivity index (χ2v) is 6.61. The van der Waals surface area contributed by atoms with Crippen molar-refractivity contribution in [2.75, 3.05) is 6.61 Å². The van der Waals surface area contributed by atoms with Gasteiger partial charge in [0.25, 0.3) is 0 Å².